The second-order valence-corrected chi connectivity index (χ2v) is 4.52. The van der Waals surface area contributed by atoms with Crippen molar-refractivity contribution in [1.82, 2.24) is 4.90 Å². The van der Waals surface area contributed by atoms with E-state index in [1.165, 1.54) is 0 Å². The predicted molar refractivity (Wildman–Crippen MR) is 78.2 cm³/mol. The zero-order valence-electron chi connectivity index (χ0n) is 10.8. The maximum absolute atomic E-state index is 9.12. The van der Waals surface area contributed by atoms with E-state index in [-0.39, 0.29) is 11.5 Å². The van der Waals surface area contributed by atoms with E-state index in [9.17, 15) is 0 Å². The summed E-state index contributed by atoms with van der Waals surface area (Å²) in [5.41, 5.74) is 3.33. The summed E-state index contributed by atoms with van der Waals surface area (Å²) in [6.45, 7) is 2.29. The van der Waals surface area contributed by atoms with Crippen LogP contribution in [0, 0.1) is 16.7 Å². The molecule has 1 fully saturated rings. The van der Waals surface area contributed by atoms with Gasteiger partial charge in [0.15, 0.2) is 5.84 Å². The van der Waals surface area contributed by atoms with Crippen LogP contribution in [0.15, 0.2) is 29.4 Å². The molecule has 0 atom stereocenters. The van der Waals surface area contributed by atoms with Crippen LogP contribution in [0.2, 0.25) is 5.02 Å². The lowest BCUT2D eigenvalue weighted by Crippen LogP contribution is -2.43. The number of nitriles is 1. The molecule has 1 aliphatic heterocycles. The van der Waals surface area contributed by atoms with Gasteiger partial charge in [-0.05, 0) is 12.1 Å². The first-order valence-electron chi connectivity index (χ1n) is 6.12. The fraction of sp³-hybridized carbons (Fsp3) is 0.308. The van der Waals surface area contributed by atoms with Crippen molar-refractivity contribution in [1.29, 1.82) is 10.7 Å². The molecular weight excluding hydrogens is 278 g/mol. The molecule has 1 heterocycles. The molecule has 0 aromatic heterocycles. The highest BCUT2D eigenvalue weighted by Gasteiger charge is 2.18. The number of rotatable bonds is 3. The van der Waals surface area contributed by atoms with Crippen LogP contribution in [0.3, 0.4) is 0 Å². The van der Waals surface area contributed by atoms with Gasteiger partial charge >= 0.3 is 0 Å². The van der Waals surface area contributed by atoms with Crippen LogP contribution >= 0.6 is 11.6 Å². The molecule has 2 rings (SSSR count). The van der Waals surface area contributed by atoms with Gasteiger partial charge < -0.3 is 9.64 Å². The summed E-state index contributed by atoms with van der Waals surface area (Å²) in [5, 5.41) is 21.6. The van der Waals surface area contributed by atoms with Crippen molar-refractivity contribution in [2.45, 2.75) is 0 Å². The van der Waals surface area contributed by atoms with E-state index in [2.05, 4.69) is 10.5 Å². The summed E-state index contributed by atoms with van der Waals surface area (Å²) >= 11 is 5.98. The molecule has 1 aliphatic rings. The number of hydrogen-bond acceptors (Lipinski definition) is 5. The average molecular weight is 292 g/mol. The second-order valence-electron chi connectivity index (χ2n) is 4.11. The molecule has 0 spiro atoms. The van der Waals surface area contributed by atoms with Gasteiger partial charge in [0.25, 0.3) is 0 Å². The van der Waals surface area contributed by atoms with Gasteiger partial charge in [0, 0.05) is 13.1 Å². The van der Waals surface area contributed by atoms with E-state index in [0.717, 1.165) is 0 Å². The van der Waals surface area contributed by atoms with Gasteiger partial charge in [-0.15, -0.1) is 0 Å². The molecule has 20 heavy (non-hydrogen) atoms. The Morgan fingerprint density at radius 3 is 2.75 bits per heavy atom. The number of anilines is 1. The quantitative estimate of drug-likeness (QED) is 0.506. The molecular formula is C13H14ClN5O. The molecule has 1 saturated heterocycles. The maximum atomic E-state index is 9.12. The molecule has 6 nitrogen and oxygen atoms in total. The summed E-state index contributed by atoms with van der Waals surface area (Å²) in [5.74, 6) is 0.0929. The lowest BCUT2D eigenvalue weighted by atomic mass is 10.3. The van der Waals surface area contributed by atoms with Crippen LogP contribution in [0.5, 0.6) is 0 Å². The summed E-state index contributed by atoms with van der Waals surface area (Å²) in [4.78, 5) is 1.76. The summed E-state index contributed by atoms with van der Waals surface area (Å²) < 4.78 is 5.21. The smallest absolute Gasteiger partial charge is 0.202 e. The largest absolute Gasteiger partial charge is 0.378 e. The van der Waals surface area contributed by atoms with Gasteiger partial charge in [0.2, 0.25) is 5.71 Å². The molecule has 1 aromatic rings. The fourth-order valence-corrected chi connectivity index (χ4v) is 1.91. The van der Waals surface area contributed by atoms with Crippen molar-refractivity contribution in [3.05, 3.63) is 29.3 Å². The fourth-order valence-electron chi connectivity index (χ4n) is 1.74. The average Bonchev–Trinajstić information content (AvgIpc) is 2.50. The third-order valence-corrected chi connectivity index (χ3v) is 3.15. The zero-order chi connectivity index (χ0) is 14.4. The Kier molecular flexibility index (Phi) is 4.93. The summed E-state index contributed by atoms with van der Waals surface area (Å²) in [7, 11) is 0. The molecule has 2 N–H and O–H groups in total. The Balaban J connectivity index is 2.08. The van der Waals surface area contributed by atoms with Crippen molar-refractivity contribution in [2.75, 3.05) is 31.7 Å². The first kappa shape index (κ1) is 14.3. The number of nitrogens with one attached hydrogen (secondary N) is 2. The van der Waals surface area contributed by atoms with Gasteiger partial charge in [-0.3, -0.25) is 10.8 Å². The number of halogens is 1. The summed E-state index contributed by atoms with van der Waals surface area (Å²) in [6, 6.07) is 9.01. The Hall–Kier alpha value is -2.10. The molecule has 1 aromatic carbocycles. The van der Waals surface area contributed by atoms with Gasteiger partial charge in [-0.1, -0.05) is 23.7 Å². The number of amidine groups is 1. The van der Waals surface area contributed by atoms with Gasteiger partial charge in [-0.2, -0.15) is 10.4 Å². The molecule has 0 amide bonds. The molecule has 0 radical (unpaired) electrons. The molecule has 7 heteroatoms. The maximum Gasteiger partial charge on any atom is 0.202 e. The first-order valence-corrected chi connectivity index (χ1v) is 6.50. The van der Waals surface area contributed by atoms with Gasteiger partial charge in [0.05, 0.1) is 23.9 Å². The highest BCUT2D eigenvalue weighted by atomic mass is 35.5. The first-order chi connectivity index (χ1) is 9.72. The number of para-hydroxylation sites is 1. The van der Waals surface area contributed by atoms with E-state index in [0.29, 0.717) is 37.0 Å². The number of nitrogens with zero attached hydrogens (tertiary/aromatic N) is 3. The number of benzene rings is 1. The van der Waals surface area contributed by atoms with E-state index in [1.807, 2.05) is 12.1 Å². The van der Waals surface area contributed by atoms with Crippen LogP contribution in [-0.2, 0) is 4.74 Å². The van der Waals surface area contributed by atoms with Crippen molar-refractivity contribution in [2.24, 2.45) is 5.10 Å². The lowest BCUT2D eigenvalue weighted by molar-refractivity contribution is 0.0686. The highest BCUT2D eigenvalue weighted by Crippen LogP contribution is 2.20. The summed E-state index contributed by atoms with van der Waals surface area (Å²) in [6.07, 6.45) is 0. The monoisotopic (exact) mass is 291 g/mol. The van der Waals surface area contributed by atoms with Crippen molar-refractivity contribution in [3.8, 4) is 6.07 Å². The predicted octanol–water partition coefficient (Wildman–Crippen LogP) is 1.94. The number of ether oxygens (including phenoxy) is 1. The SMILES string of the molecule is N#C/C(=N/Nc1ccccc1Cl)C(=N)N1CCOCC1. The minimum Gasteiger partial charge on any atom is -0.378 e. The van der Waals surface area contributed by atoms with Crippen LogP contribution in [0.4, 0.5) is 5.69 Å². The van der Waals surface area contributed by atoms with Crippen LogP contribution in [-0.4, -0.2) is 42.8 Å². The topological polar surface area (TPSA) is 84.5 Å². The van der Waals surface area contributed by atoms with E-state index in [4.69, 9.17) is 27.0 Å². The Labute approximate surface area is 122 Å². The number of morpholine rings is 1. The highest BCUT2D eigenvalue weighted by molar-refractivity contribution is 6.46. The van der Waals surface area contributed by atoms with Gasteiger partial charge in [0.1, 0.15) is 6.07 Å². The number of hydrogen-bond donors (Lipinski definition) is 2. The second kappa shape index (κ2) is 6.89. The Bertz CT molecular complexity index is 560. The van der Waals surface area contributed by atoms with Gasteiger partial charge in [-0.25, -0.2) is 0 Å². The minimum atomic E-state index is 0.0202. The van der Waals surface area contributed by atoms with Crippen LogP contribution in [0.25, 0.3) is 0 Å². The zero-order valence-corrected chi connectivity index (χ0v) is 11.5. The molecule has 104 valence electrons. The van der Waals surface area contributed by atoms with Crippen LogP contribution in [0.1, 0.15) is 0 Å². The molecule has 0 aliphatic carbocycles. The van der Waals surface area contributed by atoms with Crippen molar-refractivity contribution >= 4 is 28.8 Å². The van der Waals surface area contributed by atoms with Crippen molar-refractivity contribution in [3.63, 3.8) is 0 Å². The Morgan fingerprint density at radius 1 is 1.40 bits per heavy atom. The lowest BCUT2D eigenvalue weighted by Gasteiger charge is -2.28. The van der Waals surface area contributed by atoms with Crippen molar-refractivity contribution < 1.29 is 4.74 Å². The van der Waals surface area contributed by atoms with E-state index >= 15 is 0 Å². The normalized spacial score (nSPS) is 15.6. The molecule has 0 unspecified atom stereocenters. The number of hydrazone groups is 1. The standard InChI is InChI=1S/C13H14ClN5O/c14-10-3-1-2-4-11(10)17-18-12(9-15)13(16)19-5-7-20-8-6-19/h1-4,16-17H,5-8H2/b16-13?,18-12-. The Morgan fingerprint density at radius 2 is 2.10 bits per heavy atom. The molecule has 0 bridgehead atoms. The van der Waals surface area contributed by atoms with E-state index < -0.39 is 0 Å². The minimum absolute atomic E-state index is 0.0202. The molecule has 0 saturated carbocycles. The van der Waals surface area contributed by atoms with E-state index in [1.54, 1.807) is 23.1 Å². The third-order valence-electron chi connectivity index (χ3n) is 2.82. The van der Waals surface area contributed by atoms with Crippen LogP contribution < -0.4 is 5.43 Å². The third kappa shape index (κ3) is 3.47.